The largest absolute Gasteiger partial charge is 0.465 e. The van der Waals surface area contributed by atoms with E-state index in [1.54, 1.807) is 17.5 Å². The number of rotatable bonds is 5. The highest BCUT2D eigenvalue weighted by Gasteiger charge is 2.21. The first-order valence-electron chi connectivity index (χ1n) is 7.48. The Labute approximate surface area is 151 Å². The van der Waals surface area contributed by atoms with E-state index in [1.165, 1.54) is 34.9 Å². The Morgan fingerprint density at radius 3 is 2.64 bits per heavy atom. The third kappa shape index (κ3) is 3.98. The number of morpholine rings is 1. The van der Waals surface area contributed by atoms with Crippen molar-refractivity contribution < 1.29 is 23.0 Å². The molecule has 2 heterocycles. The van der Waals surface area contributed by atoms with Gasteiger partial charge >= 0.3 is 5.97 Å². The minimum atomic E-state index is -2.30. The second kappa shape index (κ2) is 7.91. The highest BCUT2D eigenvalue weighted by Crippen LogP contribution is 2.32. The molecule has 1 aromatic carbocycles. The summed E-state index contributed by atoms with van der Waals surface area (Å²) in [4.78, 5) is 18.1. The topological polar surface area (TPSA) is 92.2 Å². The number of thiazole rings is 1. The predicted octanol–water partition coefficient (Wildman–Crippen LogP) is 2.04. The van der Waals surface area contributed by atoms with Gasteiger partial charge in [0.1, 0.15) is 0 Å². The van der Waals surface area contributed by atoms with Gasteiger partial charge in [-0.05, 0) is 24.3 Å². The van der Waals surface area contributed by atoms with Crippen LogP contribution in [0.4, 0.5) is 16.6 Å². The van der Waals surface area contributed by atoms with Gasteiger partial charge < -0.3 is 14.4 Å². The zero-order valence-electron chi connectivity index (χ0n) is 13.5. The number of anilines is 3. The van der Waals surface area contributed by atoms with E-state index in [-0.39, 0.29) is 0 Å². The Morgan fingerprint density at radius 1 is 1.36 bits per heavy atom. The van der Waals surface area contributed by atoms with Crippen molar-refractivity contribution in [1.29, 1.82) is 0 Å². The zero-order valence-corrected chi connectivity index (χ0v) is 15.1. The average molecular weight is 383 g/mol. The molecule has 1 aromatic heterocycles. The van der Waals surface area contributed by atoms with Crippen molar-refractivity contribution in [2.45, 2.75) is 0 Å². The number of carbonyl (C=O) groups excluding carboxylic acids is 1. The molecule has 1 saturated heterocycles. The van der Waals surface area contributed by atoms with Crippen LogP contribution in [0, 0.1) is 0 Å². The fourth-order valence-electron chi connectivity index (χ4n) is 2.40. The van der Waals surface area contributed by atoms with E-state index >= 15 is 0 Å². The molecule has 1 aliphatic heterocycles. The average Bonchev–Trinajstić information content (AvgIpc) is 3.12. The summed E-state index contributed by atoms with van der Waals surface area (Å²) < 4.78 is 32.7. The number of esters is 1. The van der Waals surface area contributed by atoms with Crippen LogP contribution < -0.4 is 9.21 Å². The molecule has 0 amide bonds. The van der Waals surface area contributed by atoms with E-state index < -0.39 is 17.2 Å². The standard InChI is InChI=1S/C15H17N3O5S2/c1-22-14(19)11-2-4-12(5-3-11)18(25(20)21)13-10-24-15(16-13)17-6-8-23-9-7-17/h2-5,10H,6-9H2,1H3,(H,20,21). The van der Waals surface area contributed by atoms with Crippen LogP contribution in [0.25, 0.3) is 0 Å². The first kappa shape index (κ1) is 17.8. The number of methoxy groups -OCH3 is 1. The highest BCUT2D eigenvalue weighted by molar-refractivity contribution is 7.81. The number of benzene rings is 1. The molecule has 0 spiro atoms. The molecular formula is C15H17N3O5S2. The zero-order chi connectivity index (χ0) is 17.8. The normalized spacial score (nSPS) is 15.7. The second-order valence-electron chi connectivity index (χ2n) is 5.15. The minimum absolute atomic E-state index is 0.363. The van der Waals surface area contributed by atoms with Crippen LogP contribution in [-0.4, -0.2) is 53.1 Å². The van der Waals surface area contributed by atoms with E-state index in [9.17, 15) is 13.6 Å². The molecule has 1 unspecified atom stereocenters. The van der Waals surface area contributed by atoms with E-state index in [1.807, 2.05) is 0 Å². The van der Waals surface area contributed by atoms with Gasteiger partial charge in [-0.25, -0.2) is 18.3 Å². The predicted molar refractivity (Wildman–Crippen MR) is 95.8 cm³/mol. The number of hydrogen-bond donors (Lipinski definition) is 1. The summed E-state index contributed by atoms with van der Waals surface area (Å²) in [5, 5.41) is 2.51. The summed E-state index contributed by atoms with van der Waals surface area (Å²) in [6.45, 7) is 2.76. The molecule has 0 bridgehead atoms. The molecular weight excluding hydrogens is 366 g/mol. The summed E-state index contributed by atoms with van der Waals surface area (Å²) in [6, 6.07) is 6.23. The van der Waals surface area contributed by atoms with Crippen LogP contribution in [0.3, 0.4) is 0 Å². The van der Waals surface area contributed by atoms with Crippen LogP contribution in [-0.2, 0) is 20.7 Å². The number of nitrogens with zero attached hydrogens (tertiary/aromatic N) is 3. The van der Waals surface area contributed by atoms with Gasteiger partial charge in [-0.3, -0.25) is 4.55 Å². The molecule has 1 aliphatic rings. The fourth-order valence-corrected chi connectivity index (χ4v) is 3.87. The lowest BCUT2D eigenvalue weighted by Gasteiger charge is -2.26. The number of ether oxygens (including phenoxy) is 2. The number of carbonyl (C=O) groups is 1. The van der Waals surface area contributed by atoms with Crippen LogP contribution in [0.15, 0.2) is 29.6 Å². The molecule has 25 heavy (non-hydrogen) atoms. The van der Waals surface area contributed by atoms with Crippen molar-refractivity contribution in [3.8, 4) is 0 Å². The molecule has 0 saturated carbocycles. The Bertz CT molecular complexity index is 759. The lowest BCUT2D eigenvalue weighted by molar-refractivity contribution is 0.0600. The summed E-state index contributed by atoms with van der Waals surface area (Å²) in [5.41, 5.74) is 0.814. The monoisotopic (exact) mass is 383 g/mol. The molecule has 8 nitrogen and oxygen atoms in total. The fraction of sp³-hybridized carbons (Fsp3) is 0.333. The van der Waals surface area contributed by atoms with Gasteiger partial charge in [0.15, 0.2) is 10.9 Å². The molecule has 10 heteroatoms. The van der Waals surface area contributed by atoms with Gasteiger partial charge in [-0.15, -0.1) is 11.3 Å². The van der Waals surface area contributed by atoms with Gasteiger partial charge in [0.25, 0.3) is 11.3 Å². The maximum atomic E-state index is 11.8. The summed E-state index contributed by atoms with van der Waals surface area (Å²) in [7, 11) is 1.30. The van der Waals surface area contributed by atoms with E-state index in [0.29, 0.717) is 30.3 Å². The third-order valence-electron chi connectivity index (χ3n) is 3.65. The molecule has 1 N–H and O–H groups in total. The Kier molecular flexibility index (Phi) is 5.63. The van der Waals surface area contributed by atoms with E-state index in [0.717, 1.165) is 18.2 Å². The maximum Gasteiger partial charge on any atom is 0.337 e. The van der Waals surface area contributed by atoms with Gasteiger partial charge in [0, 0.05) is 18.5 Å². The van der Waals surface area contributed by atoms with Crippen LogP contribution in [0.5, 0.6) is 0 Å². The smallest absolute Gasteiger partial charge is 0.337 e. The van der Waals surface area contributed by atoms with Crippen LogP contribution in [0.2, 0.25) is 0 Å². The van der Waals surface area contributed by atoms with E-state index in [2.05, 4.69) is 14.6 Å². The summed E-state index contributed by atoms with van der Waals surface area (Å²) >= 11 is -0.892. The second-order valence-corrected chi connectivity index (χ2v) is 6.81. The molecule has 0 radical (unpaired) electrons. The lowest BCUT2D eigenvalue weighted by Crippen LogP contribution is -2.36. The van der Waals surface area contributed by atoms with Crippen molar-refractivity contribution in [3.63, 3.8) is 0 Å². The molecule has 2 aromatic rings. The minimum Gasteiger partial charge on any atom is -0.465 e. The maximum absolute atomic E-state index is 11.8. The summed E-state index contributed by atoms with van der Waals surface area (Å²) in [6.07, 6.45) is 0. The Morgan fingerprint density at radius 2 is 2.04 bits per heavy atom. The first-order valence-corrected chi connectivity index (χ1v) is 9.42. The Balaban J connectivity index is 1.85. The third-order valence-corrected chi connectivity index (χ3v) is 5.25. The molecule has 0 aliphatic carbocycles. The molecule has 1 atom stereocenters. The quantitative estimate of drug-likeness (QED) is 0.624. The van der Waals surface area contributed by atoms with Gasteiger partial charge in [0.05, 0.1) is 31.6 Å². The van der Waals surface area contributed by atoms with Crippen molar-refractivity contribution in [2.75, 3.05) is 42.6 Å². The van der Waals surface area contributed by atoms with Gasteiger partial charge in [-0.2, -0.15) is 0 Å². The van der Waals surface area contributed by atoms with Crippen molar-refractivity contribution >= 4 is 45.2 Å². The van der Waals surface area contributed by atoms with Crippen LogP contribution >= 0.6 is 11.3 Å². The van der Waals surface area contributed by atoms with Crippen molar-refractivity contribution in [1.82, 2.24) is 4.98 Å². The lowest BCUT2D eigenvalue weighted by atomic mass is 10.2. The molecule has 134 valence electrons. The van der Waals surface area contributed by atoms with Crippen molar-refractivity contribution in [3.05, 3.63) is 35.2 Å². The first-order chi connectivity index (χ1) is 12.1. The van der Waals surface area contributed by atoms with Crippen LogP contribution in [0.1, 0.15) is 10.4 Å². The highest BCUT2D eigenvalue weighted by atomic mass is 32.2. The SMILES string of the molecule is COC(=O)c1ccc(N(c2csc(N3CCOCC3)n2)S(=O)O)cc1. The number of hydrogen-bond acceptors (Lipinski definition) is 7. The van der Waals surface area contributed by atoms with Gasteiger partial charge in [-0.1, -0.05) is 0 Å². The number of aromatic nitrogens is 1. The molecule has 1 fully saturated rings. The van der Waals surface area contributed by atoms with E-state index in [4.69, 9.17) is 4.74 Å². The van der Waals surface area contributed by atoms with Crippen molar-refractivity contribution in [2.24, 2.45) is 0 Å². The summed E-state index contributed by atoms with van der Waals surface area (Å²) in [5.74, 6) is -0.0929. The van der Waals surface area contributed by atoms with Gasteiger partial charge in [0.2, 0.25) is 0 Å². The molecule has 3 rings (SSSR count). The Hall–Kier alpha value is -2.01.